The van der Waals surface area contributed by atoms with E-state index in [4.69, 9.17) is 4.74 Å². The number of carbonyl (C=O) groups excluding carboxylic acids is 1. The van der Waals surface area contributed by atoms with E-state index in [2.05, 4.69) is 40.4 Å². The second-order valence-electron chi connectivity index (χ2n) is 7.92. The number of hydrogen-bond acceptors (Lipinski definition) is 4. The minimum atomic E-state index is -0.0726. The smallest absolute Gasteiger partial charge is 0.251 e. The van der Waals surface area contributed by atoms with E-state index in [1.807, 2.05) is 54.6 Å². The van der Waals surface area contributed by atoms with E-state index < -0.39 is 0 Å². The number of methoxy groups -OCH3 is 1. The van der Waals surface area contributed by atoms with Gasteiger partial charge in [-0.2, -0.15) is 0 Å². The van der Waals surface area contributed by atoms with Crippen LogP contribution in [-0.4, -0.2) is 51.1 Å². The number of piperazine rings is 1. The first kappa shape index (κ1) is 20.9. The van der Waals surface area contributed by atoms with Gasteiger partial charge in [0, 0.05) is 38.3 Å². The predicted octanol–water partition coefficient (Wildman–Crippen LogP) is 4.04. The summed E-state index contributed by atoms with van der Waals surface area (Å²) in [6, 6.07) is 24.0. The van der Waals surface area contributed by atoms with Crippen molar-refractivity contribution in [1.29, 1.82) is 0 Å². The predicted molar refractivity (Wildman–Crippen MR) is 126 cm³/mol. The number of benzene rings is 3. The summed E-state index contributed by atoms with van der Waals surface area (Å²) >= 11 is 0. The molecule has 160 valence electrons. The maximum atomic E-state index is 12.7. The lowest BCUT2D eigenvalue weighted by atomic mass is 10.0. The molecule has 3 aromatic carbocycles. The van der Waals surface area contributed by atoms with Gasteiger partial charge in [0.15, 0.2) is 0 Å². The molecule has 1 amide bonds. The summed E-state index contributed by atoms with van der Waals surface area (Å²) in [4.78, 5) is 17.3. The molecule has 0 aromatic heterocycles. The summed E-state index contributed by atoms with van der Waals surface area (Å²) in [5, 5.41) is 3.04. The lowest BCUT2D eigenvalue weighted by Crippen LogP contribution is -2.44. The maximum Gasteiger partial charge on any atom is 0.251 e. The van der Waals surface area contributed by atoms with Crippen LogP contribution < -0.4 is 15.0 Å². The first-order chi connectivity index (χ1) is 15.1. The third-order valence-corrected chi connectivity index (χ3v) is 5.79. The van der Waals surface area contributed by atoms with Crippen molar-refractivity contribution < 1.29 is 9.53 Å². The van der Waals surface area contributed by atoms with Crippen LogP contribution in [-0.2, 0) is 6.54 Å². The molecule has 1 N–H and O–H groups in total. The molecule has 0 unspecified atom stereocenters. The molecule has 0 saturated carbocycles. The fourth-order valence-electron chi connectivity index (χ4n) is 3.87. The summed E-state index contributed by atoms with van der Waals surface area (Å²) in [6.45, 7) is 4.48. The molecule has 0 aliphatic carbocycles. The lowest BCUT2D eigenvalue weighted by Gasteiger charge is -2.35. The number of nitrogens with zero attached hydrogens (tertiary/aromatic N) is 2. The van der Waals surface area contributed by atoms with Crippen molar-refractivity contribution >= 4 is 11.6 Å². The maximum absolute atomic E-state index is 12.7. The minimum Gasteiger partial charge on any atom is -0.495 e. The van der Waals surface area contributed by atoms with Crippen molar-refractivity contribution in [3.8, 4) is 16.9 Å². The van der Waals surface area contributed by atoms with E-state index in [1.165, 1.54) is 0 Å². The third-order valence-electron chi connectivity index (χ3n) is 5.79. The fourth-order valence-corrected chi connectivity index (χ4v) is 3.87. The minimum absolute atomic E-state index is 0.0726. The molecule has 0 bridgehead atoms. The molecule has 5 heteroatoms. The van der Waals surface area contributed by atoms with Gasteiger partial charge in [-0.15, -0.1) is 0 Å². The van der Waals surface area contributed by atoms with Crippen molar-refractivity contribution in [2.24, 2.45) is 0 Å². The van der Waals surface area contributed by atoms with Gasteiger partial charge in [-0.25, -0.2) is 0 Å². The van der Waals surface area contributed by atoms with E-state index in [0.717, 1.165) is 54.3 Å². The van der Waals surface area contributed by atoms with E-state index in [-0.39, 0.29) is 5.91 Å². The fraction of sp³-hybridized carbons (Fsp3) is 0.269. The second-order valence-corrected chi connectivity index (χ2v) is 7.92. The molecule has 3 aromatic rings. The Bertz CT molecular complexity index is 1010. The molecule has 5 nitrogen and oxygen atoms in total. The van der Waals surface area contributed by atoms with Gasteiger partial charge >= 0.3 is 0 Å². The molecule has 31 heavy (non-hydrogen) atoms. The number of nitrogens with one attached hydrogen (secondary N) is 1. The number of anilines is 1. The van der Waals surface area contributed by atoms with Crippen LogP contribution in [0.2, 0.25) is 0 Å². The molecule has 0 radical (unpaired) electrons. The van der Waals surface area contributed by atoms with Crippen molar-refractivity contribution in [2.75, 3.05) is 45.2 Å². The van der Waals surface area contributed by atoms with Crippen LogP contribution in [0.1, 0.15) is 15.9 Å². The number of carbonyl (C=O) groups is 1. The van der Waals surface area contributed by atoms with E-state index >= 15 is 0 Å². The van der Waals surface area contributed by atoms with Crippen LogP contribution in [0.25, 0.3) is 11.1 Å². The monoisotopic (exact) mass is 415 g/mol. The molecule has 0 spiro atoms. The average molecular weight is 416 g/mol. The topological polar surface area (TPSA) is 44.8 Å². The average Bonchev–Trinajstić information content (AvgIpc) is 2.83. The van der Waals surface area contributed by atoms with Gasteiger partial charge in [0.05, 0.1) is 12.8 Å². The van der Waals surface area contributed by atoms with Crippen molar-refractivity contribution in [2.45, 2.75) is 6.54 Å². The van der Waals surface area contributed by atoms with Gasteiger partial charge in [-0.3, -0.25) is 4.79 Å². The Morgan fingerprint density at radius 3 is 2.26 bits per heavy atom. The van der Waals surface area contributed by atoms with Gasteiger partial charge in [0.25, 0.3) is 5.91 Å². The molecular formula is C26H29N3O2. The Hall–Kier alpha value is -3.31. The van der Waals surface area contributed by atoms with Crippen molar-refractivity contribution in [1.82, 2.24) is 10.2 Å². The van der Waals surface area contributed by atoms with Crippen LogP contribution in [0.4, 0.5) is 5.69 Å². The Morgan fingerprint density at radius 2 is 1.58 bits per heavy atom. The van der Waals surface area contributed by atoms with Gasteiger partial charge < -0.3 is 19.9 Å². The van der Waals surface area contributed by atoms with Gasteiger partial charge in [-0.05, 0) is 48.0 Å². The zero-order valence-electron chi connectivity index (χ0n) is 18.2. The largest absolute Gasteiger partial charge is 0.495 e. The third kappa shape index (κ3) is 5.06. The highest BCUT2D eigenvalue weighted by atomic mass is 16.5. The molecule has 1 saturated heterocycles. The Labute approximate surface area is 184 Å². The van der Waals surface area contributed by atoms with Gasteiger partial charge in [-0.1, -0.05) is 48.5 Å². The molecule has 4 rings (SSSR count). The number of ether oxygens (including phenoxy) is 1. The van der Waals surface area contributed by atoms with E-state index in [9.17, 15) is 4.79 Å². The summed E-state index contributed by atoms with van der Waals surface area (Å²) in [5.41, 5.74) is 5.05. The van der Waals surface area contributed by atoms with E-state index in [0.29, 0.717) is 12.1 Å². The van der Waals surface area contributed by atoms with Crippen molar-refractivity contribution in [3.63, 3.8) is 0 Å². The van der Waals surface area contributed by atoms with Gasteiger partial charge in [0.1, 0.15) is 5.75 Å². The standard InChI is InChI=1S/C26H29N3O2/c1-28-14-16-29(17-15-28)24-18-20(8-13-25(24)31-2)19-27-26(30)23-11-9-22(10-12-23)21-6-4-3-5-7-21/h3-13,18H,14-17,19H2,1-2H3,(H,27,30). The quantitative estimate of drug-likeness (QED) is 0.660. The Morgan fingerprint density at radius 1 is 0.903 bits per heavy atom. The second kappa shape index (κ2) is 9.67. The molecular weight excluding hydrogens is 386 g/mol. The molecule has 1 heterocycles. The number of hydrogen-bond donors (Lipinski definition) is 1. The number of rotatable bonds is 6. The Kier molecular flexibility index (Phi) is 6.53. The van der Waals surface area contributed by atoms with Gasteiger partial charge in [0.2, 0.25) is 0 Å². The number of likely N-dealkylation sites (N-methyl/N-ethyl adjacent to an activating group) is 1. The first-order valence-corrected chi connectivity index (χ1v) is 10.7. The molecule has 0 atom stereocenters. The summed E-state index contributed by atoms with van der Waals surface area (Å²) in [5.74, 6) is 0.799. The summed E-state index contributed by atoms with van der Waals surface area (Å²) in [7, 11) is 3.85. The Balaban J connectivity index is 1.41. The molecule has 1 aliphatic rings. The van der Waals surface area contributed by atoms with Crippen LogP contribution in [0.15, 0.2) is 72.8 Å². The van der Waals surface area contributed by atoms with Crippen molar-refractivity contribution in [3.05, 3.63) is 83.9 Å². The zero-order valence-corrected chi connectivity index (χ0v) is 18.2. The molecule has 1 fully saturated rings. The van der Waals surface area contributed by atoms with E-state index in [1.54, 1.807) is 7.11 Å². The lowest BCUT2D eigenvalue weighted by molar-refractivity contribution is 0.0951. The van der Waals surface area contributed by atoms with Crippen LogP contribution in [0.3, 0.4) is 0 Å². The highest BCUT2D eigenvalue weighted by Gasteiger charge is 2.18. The summed E-state index contributed by atoms with van der Waals surface area (Å²) in [6.07, 6.45) is 0. The highest BCUT2D eigenvalue weighted by Crippen LogP contribution is 2.30. The normalized spacial score (nSPS) is 14.3. The highest BCUT2D eigenvalue weighted by molar-refractivity contribution is 5.94. The SMILES string of the molecule is COc1ccc(CNC(=O)c2ccc(-c3ccccc3)cc2)cc1N1CCN(C)CC1. The molecule has 1 aliphatic heterocycles. The number of amides is 1. The zero-order chi connectivity index (χ0) is 21.6. The first-order valence-electron chi connectivity index (χ1n) is 10.7. The van der Waals surface area contributed by atoms with Crippen LogP contribution >= 0.6 is 0 Å². The van der Waals surface area contributed by atoms with Crippen LogP contribution in [0, 0.1) is 0 Å². The summed E-state index contributed by atoms with van der Waals surface area (Å²) < 4.78 is 5.58. The van der Waals surface area contributed by atoms with Crippen LogP contribution in [0.5, 0.6) is 5.75 Å².